The second kappa shape index (κ2) is 6.15. The highest BCUT2D eigenvalue weighted by atomic mass is 16.3. The largest absolute Gasteiger partial charge is 0.460 e. The Labute approximate surface area is 128 Å². The number of amides is 1. The minimum absolute atomic E-state index is 0.00957. The molecule has 2 aromatic heterocycles. The summed E-state index contributed by atoms with van der Waals surface area (Å²) in [7, 11) is 0. The van der Waals surface area contributed by atoms with Gasteiger partial charge >= 0.3 is 0 Å². The molecule has 0 atom stereocenters. The summed E-state index contributed by atoms with van der Waals surface area (Å²) in [6, 6.07) is 3.85. The van der Waals surface area contributed by atoms with E-state index in [-0.39, 0.29) is 17.8 Å². The third-order valence-electron chi connectivity index (χ3n) is 3.99. The summed E-state index contributed by atoms with van der Waals surface area (Å²) in [5, 5.41) is 0. The van der Waals surface area contributed by atoms with Crippen LogP contribution in [0.1, 0.15) is 18.6 Å². The Hall–Kier alpha value is -2.41. The zero-order chi connectivity index (χ0) is 15.5. The zero-order valence-corrected chi connectivity index (χ0v) is 12.2. The number of nitrogen functional groups attached to an aromatic ring is 1. The minimum atomic E-state index is -0.191. The summed E-state index contributed by atoms with van der Waals surface area (Å²) >= 11 is 0. The van der Waals surface area contributed by atoms with Gasteiger partial charge in [-0.25, -0.2) is 9.97 Å². The predicted molar refractivity (Wildman–Crippen MR) is 81.3 cm³/mol. The molecular weight excluding hydrogens is 282 g/mol. The quantitative estimate of drug-likeness (QED) is 0.872. The van der Waals surface area contributed by atoms with Gasteiger partial charge in [0.1, 0.15) is 11.5 Å². The van der Waals surface area contributed by atoms with Crippen molar-refractivity contribution < 1.29 is 9.21 Å². The Morgan fingerprint density at radius 3 is 2.59 bits per heavy atom. The Morgan fingerprint density at radius 1 is 1.27 bits per heavy atom. The van der Waals surface area contributed by atoms with E-state index in [0.717, 1.165) is 49.6 Å². The van der Waals surface area contributed by atoms with Crippen molar-refractivity contribution in [3.05, 3.63) is 30.3 Å². The summed E-state index contributed by atoms with van der Waals surface area (Å²) in [5.74, 6) is 1.66. The number of primary amides is 1. The Morgan fingerprint density at radius 2 is 1.95 bits per heavy atom. The van der Waals surface area contributed by atoms with Gasteiger partial charge in [-0.1, -0.05) is 0 Å². The third-order valence-corrected chi connectivity index (χ3v) is 3.99. The fourth-order valence-electron chi connectivity index (χ4n) is 2.68. The standard InChI is InChI=1S/C15H19N5O2/c16-14(21)10-3-5-20(6-4-10)9-12-1-2-13(22-12)11-7-18-15(17)19-8-11/h1-2,7-8,10H,3-6,9H2,(H2,16,21)(H2,17,18,19). The van der Waals surface area contributed by atoms with Crippen molar-refractivity contribution in [1.29, 1.82) is 0 Å². The monoisotopic (exact) mass is 301 g/mol. The van der Waals surface area contributed by atoms with E-state index in [9.17, 15) is 4.79 Å². The number of carbonyl (C=O) groups is 1. The van der Waals surface area contributed by atoms with Crippen LogP contribution in [0.5, 0.6) is 0 Å². The molecule has 4 N–H and O–H groups in total. The molecule has 1 saturated heterocycles. The lowest BCUT2D eigenvalue weighted by atomic mass is 9.96. The summed E-state index contributed by atoms with van der Waals surface area (Å²) in [6.45, 7) is 2.44. The Kier molecular flexibility index (Phi) is 4.06. The molecule has 0 bridgehead atoms. The first-order valence-corrected chi connectivity index (χ1v) is 7.30. The fourth-order valence-corrected chi connectivity index (χ4v) is 2.68. The smallest absolute Gasteiger partial charge is 0.220 e. The summed E-state index contributed by atoms with van der Waals surface area (Å²) < 4.78 is 5.83. The molecule has 22 heavy (non-hydrogen) atoms. The summed E-state index contributed by atoms with van der Waals surface area (Å²) in [5.41, 5.74) is 11.6. The van der Waals surface area contributed by atoms with E-state index >= 15 is 0 Å². The van der Waals surface area contributed by atoms with Crippen LogP contribution >= 0.6 is 0 Å². The molecule has 1 fully saturated rings. The molecule has 3 heterocycles. The van der Waals surface area contributed by atoms with E-state index in [1.54, 1.807) is 12.4 Å². The van der Waals surface area contributed by atoms with Crippen molar-refractivity contribution in [1.82, 2.24) is 14.9 Å². The number of hydrogen-bond acceptors (Lipinski definition) is 6. The lowest BCUT2D eigenvalue weighted by Crippen LogP contribution is -2.38. The normalized spacial score (nSPS) is 16.7. The molecule has 2 aromatic rings. The van der Waals surface area contributed by atoms with Crippen LogP contribution in [0.3, 0.4) is 0 Å². The maximum atomic E-state index is 11.2. The van der Waals surface area contributed by atoms with Gasteiger partial charge in [-0.2, -0.15) is 0 Å². The first-order valence-electron chi connectivity index (χ1n) is 7.30. The number of anilines is 1. The highest BCUT2D eigenvalue weighted by Crippen LogP contribution is 2.23. The molecule has 1 amide bonds. The number of carbonyl (C=O) groups excluding carboxylic acids is 1. The summed E-state index contributed by atoms with van der Waals surface area (Å²) in [6.07, 6.45) is 4.91. The van der Waals surface area contributed by atoms with Crippen LogP contribution in [0.4, 0.5) is 5.95 Å². The first kappa shape index (κ1) is 14.5. The SMILES string of the molecule is NC(=O)C1CCN(Cc2ccc(-c3cnc(N)nc3)o2)CC1. The molecule has 3 rings (SSSR count). The first-order chi connectivity index (χ1) is 10.6. The van der Waals surface area contributed by atoms with E-state index in [0.29, 0.717) is 0 Å². The van der Waals surface area contributed by atoms with Gasteiger partial charge in [-0.3, -0.25) is 9.69 Å². The van der Waals surface area contributed by atoms with Gasteiger partial charge < -0.3 is 15.9 Å². The van der Waals surface area contributed by atoms with Gasteiger partial charge in [-0.05, 0) is 38.1 Å². The van der Waals surface area contributed by atoms with Crippen LogP contribution in [0.25, 0.3) is 11.3 Å². The zero-order valence-electron chi connectivity index (χ0n) is 12.2. The van der Waals surface area contributed by atoms with E-state index in [4.69, 9.17) is 15.9 Å². The van der Waals surface area contributed by atoms with Crippen molar-refractivity contribution in [3.63, 3.8) is 0 Å². The van der Waals surface area contributed by atoms with Crippen LogP contribution in [-0.4, -0.2) is 33.9 Å². The van der Waals surface area contributed by atoms with Crippen LogP contribution in [0.15, 0.2) is 28.9 Å². The van der Waals surface area contributed by atoms with Crippen molar-refractivity contribution in [2.24, 2.45) is 11.7 Å². The van der Waals surface area contributed by atoms with Crippen LogP contribution < -0.4 is 11.5 Å². The van der Waals surface area contributed by atoms with Gasteiger partial charge in [0, 0.05) is 18.3 Å². The van der Waals surface area contributed by atoms with Crippen molar-refractivity contribution in [2.75, 3.05) is 18.8 Å². The predicted octanol–water partition coefficient (Wildman–Crippen LogP) is 1.02. The average molecular weight is 301 g/mol. The van der Waals surface area contributed by atoms with E-state index in [2.05, 4.69) is 14.9 Å². The number of piperidine rings is 1. The molecule has 1 aliphatic heterocycles. The second-order valence-electron chi connectivity index (χ2n) is 5.55. The highest BCUT2D eigenvalue weighted by molar-refractivity contribution is 5.76. The molecule has 0 unspecified atom stereocenters. The van der Waals surface area contributed by atoms with Gasteiger partial charge in [0.2, 0.25) is 11.9 Å². The molecule has 0 aromatic carbocycles. The van der Waals surface area contributed by atoms with Crippen molar-refractivity contribution >= 4 is 11.9 Å². The van der Waals surface area contributed by atoms with Gasteiger partial charge in [0.05, 0.1) is 12.1 Å². The number of rotatable bonds is 4. The fraction of sp³-hybridized carbons (Fsp3) is 0.400. The number of nitrogens with zero attached hydrogens (tertiary/aromatic N) is 3. The number of likely N-dealkylation sites (tertiary alicyclic amines) is 1. The van der Waals surface area contributed by atoms with Crippen LogP contribution in [0.2, 0.25) is 0 Å². The topological polar surface area (TPSA) is 111 Å². The molecule has 1 aliphatic rings. The molecule has 116 valence electrons. The van der Waals surface area contributed by atoms with Gasteiger partial charge in [0.15, 0.2) is 0 Å². The molecular formula is C15H19N5O2. The molecule has 0 spiro atoms. The Balaban J connectivity index is 1.60. The van der Waals surface area contributed by atoms with Gasteiger partial charge in [-0.15, -0.1) is 0 Å². The van der Waals surface area contributed by atoms with Crippen molar-refractivity contribution in [3.8, 4) is 11.3 Å². The van der Waals surface area contributed by atoms with E-state index in [1.807, 2.05) is 12.1 Å². The lowest BCUT2D eigenvalue weighted by molar-refractivity contribution is -0.123. The minimum Gasteiger partial charge on any atom is -0.460 e. The maximum absolute atomic E-state index is 11.2. The maximum Gasteiger partial charge on any atom is 0.220 e. The summed E-state index contributed by atoms with van der Waals surface area (Å²) in [4.78, 5) is 21.3. The molecule has 7 heteroatoms. The number of nitrogens with two attached hydrogens (primary N) is 2. The average Bonchev–Trinajstić information content (AvgIpc) is 2.97. The molecule has 0 aliphatic carbocycles. The van der Waals surface area contributed by atoms with E-state index in [1.165, 1.54) is 0 Å². The molecule has 0 radical (unpaired) electrons. The molecule has 0 saturated carbocycles. The van der Waals surface area contributed by atoms with Crippen molar-refractivity contribution in [2.45, 2.75) is 19.4 Å². The number of furan rings is 1. The van der Waals surface area contributed by atoms with Crippen LogP contribution in [0, 0.1) is 5.92 Å². The van der Waals surface area contributed by atoms with E-state index < -0.39 is 0 Å². The number of hydrogen-bond donors (Lipinski definition) is 2. The Bertz CT molecular complexity index is 644. The lowest BCUT2D eigenvalue weighted by Gasteiger charge is -2.29. The highest BCUT2D eigenvalue weighted by Gasteiger charge is 2.23. The second-order valence-corrected chi connectivity index (χ2v) is 5.55. The molecule has 7 nitrogen and oxygen atoms in total. The van der Waals surface area contributed by atoms with Gasteiger partial charge in [0.25, 0.3) is 0 Å². The third kappa shape index (κ3) is 3.25. The van der Waals surface area contributed by atoms with Crippen LogP contribution in [-0.2, 0) is 11.3 Å². The number of aromatic nitrogens is 2.